The van der Waals surface area contributed by atoms with Gasteiger partial charge in [-0.15, -0.1) is 0 Å². The van der Waals surface area contributed by atoms with Gasteiger partial charge in [0.05, 0.1) is 18.7 Å². The number of hydrogen-bond acceptors (Lipinski definition) is 3. The lowest BCUT2D eigenvalue weighted by Crippen LogP contribution is -2.20. The highest BCUT2D eigenvalue weighted by atomic mass is 19.4. The van der Waals surface area contributed by atoms with Crippen LogP contribution < -0.4 is 15.2 Å². The molecule has 0 saturated heterocycles. The Kier molecular flexibility index (Phi) is 4.92. The molecule has 2 aromatic rings. The van der Waals surface area contributed by atoms with E-state index in [9.17, 15) is 13.2 Å². The number of ether oxygens (including phenoxy) is 2. The number of halogens is 3. The molecule has 2 aromatic carbocycles. The van der Waals surface area contributed by atoms with Gasteiger partial charge >= 0.3 is 6.18 Å². The van der Waals surface area contributed by atoms with Gasteiger partial charge in [0.25, 0.3) is 0 Å². The quantitative estimate of drug-likeness (QED) is 0.913. The van der Waals surface area contributed by atoms with E-state index in [4.69, 9.17) is 15.2 Å². The van der Waals surface area contributed by atoms with Crippen molar-refractivity contribution in [1.29, 1.82) is 0 Å². The first-order valence-electron chi connectivity index (χ1n) is 6.61. The van der Waals surface area contributed by atoms with Gasteiger partial charge in [0.15, 0.2) is 0 Å². The van der Waals surface area contributed by atoms with Crippen molar-refractivity contribution in [1.82, 2.24) is 0 Å². The summed E-state index contributed by atoms with van der Waals surface area (Å²) in [5, 5.41) is 0. The van der Waals surface area contributed by atoms with Gasteiger partial charge in [0.2, 0.25) is 0 Å². The maximum absolute atomic E-state index is 12.9. The third-order valence-corrected chi connectivity index (χ3v) is 3.15. The van der Waals surface area contributed by atoms with Crippen molar-refractivity contribution in [3.8, 4) is 11.5 Å². The summed E-state index contributed by atoms with van der Waals surface area (Å²) in [6.45, 7) is -0.0898. The first kappa shape index (κ1) is 16.2. The highest BCUT2D eigenvalue weighted by molar-refractivity contribution is 5.37. The van der Waals surface area contributed by atoms with Crippen LogP contribution in [0.4, 0.5) is 13.2 Å². The Morgan fingerprint density at radius 3 is 2.23 bits per heavy atom. The van der Waals surface area contributed by atoms with E-state index in [1.165, 1.54) is 25.3 Å². The molecule has 0 saturated carbocycles. The Labute approximate surface area is 126 Å². The van der Waals surface area contributed by atoms with Crippen LogP contribution in [-0.2, 0) is 6.18 Å². The highest BCUT2D eigenvalue weighted by Crippen LogP contribution is 2.36. The molecule has 118 valence electrons. The number of rotatable bonds is 5. The minimum absolute atomic E-state index is 0.0898. The molecule has 3 nitrogen and oxygen atoms in total. The summed E-state index contributed by atoms with van der Waals surface area (Å²) in [5.41, 5.74) is 5.85. The van der Waals surface area contributed by atoms with Crippen LogP contribution in [-0.4, -0.2) is 13.7 Å². The molecule has 0 amide bonds. The number of methoxy groups -OCH3 is 1. The van der Waals surface area contributed by atoms with E-state index in [-0.39, 0.29) is 12.4 Å². The molecule has 0 aliphatic carbocycles. The van der Waals surface area contributed by atoms with Crippen molar-refractivity contribution >= 4 is 0 Å². The molecule has 22 heavy (non-hydrogen) atoms. The zero-order valence-corrected chi connectivity index (χ0v) is 11.9. The predicted octanol–water partition coefficient (Wildman–Crippen LogP) is 3.79. The minimum Gasteiger partial charge on any atom is -0.496 e. The zero-order valence-electron chi connectivity index (χ0n) is 11.9. The van der Waals surface area contributed by atoms with Gasteiger partial charge < -0.3 is 15.2 Å². The molecule has 2 rings (SSSR count). The average molecular weight is 311 g/mol. The molecular formula is C16H16F3NO2. The summed E-state index contributed by atoms with van der Waals surface area (Å²) in [4.78, 5) is 0. The maximum Gasteiger partial charge on any atom is 0.419 e. The van der Waals surface area contributed by atoms with Crippen LogP contribution in [0.25, 0.3) is 0 Å². The van der Waals surface area contributed by atoms with Crippen LogP contribution >= 0.6 is 0 Å². The molecule has 0 fully saturated rings. The minimum atomic E-state index is -4.47. The Morgan fingerprint density at radius 1 is 1.00 bits per heavy atom. The third-order valence-electron chi connectivity index (χ3n) is 3.15. The van der Waals surface area contributed by atoms with Gasteiger partial charge in [-0.1, -0.05) is 30.3 Å². The van der Waals surface area contributed by atoms with Gasteiger partial charge in [-0.2, -0.15) is 13.2 Å². The van der Waals surface area contributed by atoms with E-state index >= 15 is 0 Å². The van der Waals surface area contributed by atoms with Gasteiger partial charge in [0.1, 0.15) is 18.1 Å². The van der Waals surface area contributed by atoms with Crippen LogP contribution in [0.1, 0.15) is 17.2 Å². The summed E-state index contributed by atoms with van der Waals surface area (Å²) in [6.07, 6.45) is -4.47. The van der Waals surface area contributed by atoms with Crippen molar-refractivity contribution in [3.05, 3.63) is 59.7 Å². The molecule has 0 aliphatic rings. The standard InChI is InChI=1S/C16H16F3NO2/c1-21-14-8-4-2-6-11(14)13(20)10-22-15-9-5-3-7-12(15)16(17,18)19/h2-9,13H,10,20H2,1H3. The average Bonchev–Trinajstić information content (AvgIpc) is 2.52. The van der Waals surface area contributed by atoms with Crippen molar-refractivity contribution in [2.75, 3.05) is 13.7 Å². The molecular weight excluding hydrogens is 295 g/mol. The fourth-order valence-electron chi connectivity index (χ4n) is 2.07. The fourth-order valence-corrected chi connectivity index (χ4v) is 2.07. The van der Waals surface area contributed by atoms with Crippen molar-refractivity contribution in [3.63, 3.8) is 0 Å². The molecule has 1 unspecified atom stereocenters. The van der Waals surface area contributed by atoms with Crippen LogP contribution in [0.2, 0.25) is 0 Å². The molecule has 2 N–H and O–H groups in total. The monoisotopic (exact) mass is 311 g/mol. The fraction of sp³-hybridized carbons (Fsp3) is 0.250. The molecule has 0 spiro atoms. The Bertz CT molecular complexity index is 629. The number of benzene rings is 2. The largest absolute Gasteiger partial charge is 0.496 e. The Balaban J connectivity index is 2.14. The van der Waals surface area contributed by atoms with Crippen LogP contribution in [0, 0.1) is 0 Å². The summed E-state index contributed by atoms with van der Waals surface area (Å²) < 4.78 is 49.1. The smallest absolute Gasteiger partial charge is 0.419 e. The first-order valence-corrected chi connectivity index (χ1v) is 6.61. The Morgan fingerprint density at radius 2 is 1.59 bits per heavy atom. The van der Waals surface area contributed by atoms with E-state index in [1.807, 2.05) is 0 Å². The topological polar surface area (TPSA) is 44.5 Å². The number of hydrogen-bond donors (Lipinski definition) is 1. The summed E-state index contributed by atoms with van der Waals surface area (Å²) >= 11 is 0. The second-order valence-electron chi connectivity index (χ2n) is 4.65. The molecule has 0 heterocycles. The number of alkyl halides is 3. The van der Waals surface area contributed by atoms with E-state index in [0.717, 1.165) is 6.07 Å². The normalized spacial score (nSPS) is 12.8. The van der Waals surface area contributed by atoms with Crippen molar-refractivity contribution in [2.24, 2.45) is 5.73 Å². The van der Waals surface area contributed by atoms with E-state index < -0.39 is 17.8 Å². The molecule has 1 atom stereocenters. The van der Waals surface area contributed by atoms with Gasteiger partial charge in [-0.25, -0.2) is 0 Å². The molecule has 0 radical (unpaired) electrons. The SMILES string of the molecule is COc1ccccc1C(N)COc1ccccc1C(F)(F)F. The summed E-state index contributed by atoms with van der Waals surface area (Å²) in [6, 6.07) is 11.5. The molecule has 0 aliphatic heterocycles. The second kappa shape index (κ2) is 6.70. The van der Waals surface area contributed by atoms with Gasteiger partial charge in [-0.3, -0.25) is 0 Å². The van der Waals surface area contributed by atoms with Crippen LogP contribution in [0.5, 0.6) is 11.5 Å². The lowest BCUT2D eigenvalue weighted by atomic mass is 10.1. The van der Waals surface area contributed by atoms with Gasteiger partial charge in [0, 0.05) is 5.56 Å². The predicted molar refractivity (Wildman–Crippen MR) is 76.9 cm³/mol. The maximum atomic E-state index is 12.9. The lowest BCUT2D eigenvalue weighted by Gasteiger charge is -2.18. The van der Waals surface area contributed by atoms with Gasteiger partial charge in [-0.05, 0) is 18.2 Å². The Hall–Kier alpha value is -2.21. The number of para-hydroxylation sites is 2. The van der Waals surface area contributed by atoms with Crippen molar-refractivity contribution in [2.45, 2.75) is 12.2 Å². The van der Waals surface area contributed by atoms with E-state index in [1.54, 1.807) is 24.3 Å². The summed E-state index contributed by atoms with van der Waals surface area (Å²) in [5.74, 6) is 0.336. The van der Waals surface area contributed by atoms with E-state index in [2.05, 4.69) is 0 Å². The lowest BCUT2D eigenvalue weighted by molar-refractivity contribution is -0.139. The van der Waals surface area contributed by atoms with Crippen LogP contribution in [0.15, 0.2) is 48.5 Å². The zero-order chi connectivity index (χ0) is 16.2. The summed E-state index contributed by atoms with van der Waals surface area (Å²) in [7, 11) is 1.51. The first-order chi connectivity index (χ1) is 10.4. The third kappa shape index (κ3) is 3.71. The van der Waals surface area contributed by atoms with E-state index in [0.29, 0.717) is 11.3 Å². The molecule has 6 heteroatoms. The van der Waals surface area contributed by atoms with Crippen molar-refractivity contribution < 1.29 is 22.6 Å². The number of nitrogens with two attached hydrogens (primary N) is 1. The highest BCUT2D eigenvalue weighted by Gasteiger charge is 2.34. The second-order valence-corrected chi connectivity index (χ2v) is 4.65. The van der Waals surface area contributed by atoms with Crippen LogP contribution in [0.3, 0.4) is 0 Å². The molecule has 0 bridgehead atoms. The molecule has 0 aromatic heterocycles.